The zero-order chi connectivity index (χ0) is 13.7. The topological polar surface area (TPSA) is 49.3 Å². The summed E-state index contributed by atoms with van der Waals surface area (Å²) in [5, 5.41) is 12.4. The Morgan fingerprint density at radius 1 is 1.26 bits per heavy atom. The van der Waals surface area contributed by atoms with Gasteiger partial charge < -0.3 is 10.4 Å². The normalized spacial score (nSPS) is 16.1. The van der Waals surface area contributed by atoms with Crippen molar-refractivity contribution in [2.75, 3.05) is 13.2 Å². The maximum Gasteiger partial charge on any atom is 0.230 e. The number of nitrogens with one attached hydrogen (secondary N) is 1. The van der Waals surface area contributed by atoms with Gasteiger partial charge >= 0.3 is 0 Å². The largest absolute Gasteiger partial charge is 0.396 e. The molecule has 0 heterocycles. The van der Waals surface area contributed by atoms with E-state index < -0.39 is 5.41 Å². The standard InChI is InChI=1S/C15H20ClNO2/c16-13-7-3-2-6-12(13)15(8-9-15)14(19)17-10-4-1-5-11-18/h2-3,6-7,18H,1,4-5,8-11H2,(H,17,19). The molecule has 0 unspecified atom stereocenters. The summed E-state index contributed by atoms with van der Waals surface area (Å²) in [5.74, 6) is 0.0876. The highest BCUT2D eigenvalue weighted by Crippen LogP contribution is 2.50. The molecule has 1 aromatic rings. The average Bonchev–Trinajstić information content (AvgIpc) is 3.20. The molecular weight excluding hydrogens is 262 g/mol. The van der Waals surface area contributed by atoms with Crippen molar-refractivity contribution >= 4 is 17.5 Å². The van der Waals surface area contributed by atoms with E-state index in [4.69, 9.17) is 16.7 Å². The van der Waals surface area contributed by atoms with Crippen molar-refractivity contribution in [1.29, 1.82) is 0 Å². The molecule has 4 heteroatoms. The van der Waals surface area contributed by atoms with Gasteiger partial charge in [0.2, 0.25) is 5.91 Å². The van der Waals surface area contributed by atoms with E-state index in [0.29, 0.717) is 11.6 Å². The molecule has 3 nitrogen and oxygen atoms in total. The number of carbonyl (C=O) groups excluding carboxylic acids is 1. The molecule has 0 aliphatic heterocycles. The predicted octanol–water partition coefficient (Wildman–Crippen LogP) is 2.65. The van der Waals surface area contributed by atoms with E-state index in [9.17, 15) is 4.79 Å². The molecule has 104 valence electrons. The zero-order valence-electron chi connectivity index (χ0n) is 11.0. The van der Waals surface area contributed by atoms with Crippen molar-refractivity contribution in [2.45, 2.75) is 37.5 Å². The van der Waals surface area contributed by atoms with Crippen LogP contribution >= 0.6 is 11.6 Å². The molecule has 0 spiro atoms. The quantitative estimate of drug-likeness (QED) is 0.755. The van der Waals surface area contributed by atoms with Crippen LogP contribution in [0.15, 0.2) is 24.3 Å². The van der Waals surface area contributed by atoms with E-state index >= 15 is 0 Å². The van der Waals surface area contributed by atoms with E-state index in [1.165, 1.54) is 0 Å². The Morgan fingerprint density at radius 2 is 2.00 bits per heavy atom. The fourth-order valence-corrected chi connectivity index (χ4v) is 2.69. The first-order chi connectivity index (χ1) is 9.20. The Labute approximate surface area is 119 Å². The first-order valence-corrected chi connectivity index (χ1v) is 7.23. The molecule has 1 amide bonds. The van der Waals surface area contributed by atoms with Crippen molar-refractivity contribution in [3.63, 3.8) is 0 Å². The monoisotopic (exact) mass is 281 g/mol. The van der Waals surface area contributed by atoms with Crippen LogP contribution in [-0.2, 0) is 10.2 Å². The van der Waals surface area contributed by atoms with Gasteiger partial charge in [0.05, 0.1) is 5.41 Å². The van der Waals surface area contributed by atoms with Crippen molar-refractivity contribution in [1.82, 2.24) is 5.32 Å². The van der Waals surface area contributed by atoms with Crippen LogP contribution in [0.25, 0.3) is 0 Å². The zero-order valence-corrected chi connectivity index (χ0v) is 11.7. The Morgan fingerprint density at radius 3 is 2.63 bits per heavy atom. The van der Waals surface area contributed by atoms with Crippen LogP contribution in [0.4, 0.5) is 0 Å². The van der Waals surface area contributed by atoms with Crippen LogP contribution in [0.5, 0.6) is 0 Å². The van der Waals surface area contributed by atoms with E-state index in [2.05, 4.69) is 5.32 Å². The highest BCUT2D eigenvalue weighted by molar-refractivity contribution is 6.31. The molecule has 1 saturated carbocycles. The van der Waals surface area contributed by atoms with Crippen molar-refractivity contribution < 1.29 is 9.90 Å². The molecule has 1 aromatic carbocycles. The predicted molar refractivity (Wildman–Crippen MR) is 76.3 cm³/mol. The van der Waals surface area contributed by atoms with Crippen LogP contribution in [-0.4, -0.2) is 24.2 Å². The number of aliphatic hydroxyl groups excluding tert-OH is 1. The summed E-state index contributed by atoms with van der Waals surface area (Å²) in [4.78, 5) is 12.3. The summed E-state index contributed by atoms with van der Waals surface area (Å²) < 4.78 is 0. The number of hydrogen-bond donors (Lipinski definition) is 2. The molecule has 1 aliphatic rings. The average molecular weight is 282 g/mol. The van der Waals surface area contributed by atoms with E-state index in [1.807, 2.05) is 24.3 Å². The number of amides is 1. The Bertz CT molecular complexity index is 444. The summed E-state index contributed by atoms with van der Waals surface area (Å²) in [6.45, 7) is 0.891. The molecule has 2 rings (SSSR count). The Hall–Kier alpha value is -1.06. The lowest BCUT2D eigenvalue weighted by Crippen LogP contribution is -2.35. The minimum Gasteiger partial charge on any atom is -0.396 e. The van der Waals surface area contributed by atoms with Gasteiger partial charge in [-0.05, 0) is 43.7 Å². The highest BCUT2D eigenvalue weighted by Gasteiger charge is 2.51. The van der Waals surface area contributed by atoms with Gasteiger partial charge in [-0.2, -0.15) is 0 Å². The fraction of sp³-hybridized carbons (Fsp3) is 0.533. The summed E-state index contributed by atoms with van der Waals surface area (Å²) in [6, 6.07) is 7.59. The fourth-order valence-electron chi connectivity index (χ4n) is 2.38. The first-order valence-electron chi connectivity index (χ1n) is 6.85. The van der Waals surface area contributed by atoms with E-state index in [-0.39, 0.29) is 12.5 Å². The first kappa shape index (κ1) is 14.4. The Balaban J connectivity index is 1.90. The van der Waals surface area contributed by atoms with Crippen LogP contribution in [0, 0.1) is 0 Å². The highest BCUT2D eigenvalue weighted by atomic mass is 35.5. The van der Waals surface area contributed by atoms with Crippen LogP contribution in [0.1, 0.15) is 37.7 Å². The number of unbranched alkanes of at least 4 members (excludes halogenated alkanes) is 2. The van der Waals surface area contributed by atoms with Crippen LogP contribution in [0.2, 0.25) is 5.02 Å². The van der Waals surface area contributed by atoms with Crippen molar-refractivity contribution in [2.24, 2.45) is 0 Å². The Kier molecular flexibility index (Phi) is 4.83. The van der Waals surface area contributed by atoms with Gasteiger partial charge in [-0.15, -0.1) is 0 Å². The van der Waals surface area contributed by atoms with E-state index in [1.54, 1.807) is 0 Å². The minimum absolute atomic E-state index is 0.0876. The van der Waals surface area contributed by atoms with Gasteiger partial charge in [-0.25, -0.2) is 0 Å². The minimum atomic E-state index is -0.394. The lowest BCUT2D eigenvalue weighted by Gasteiger charge is -2.17. The second-order valence-corrected chi connectivity index (χ2v) is 5.51. The number of rotatable bonds is 7. The molecule has 0 bridgehead atoms. The molecule has 0 aromatic heterocycles. The van der Waals surface area contributed by atoms with Gasteiger partial charge in [0.1, 0.15) is 0 Å². The lowest BCUT2D eigenvalue weighted by molar-refractivity contribution is -0.123. The molecule has 19 heavy (non-hydrogen) atoms. The maximum atomic E-state index is 12.3. The van der Waals surface area contributed by atoms with Crippen LogP contribution < -0.4 is 5.32 Å². The third-order valence-corrected chi connectivity index (χ3v) is 4.02. The SMILES string of the molecule is O=C(NCCCCCO)C1(c2ccccc2Cl)CC1. The number of aliphatic hydroxyl groups is 1. The molecule has 2 N–H and O–H groups in total. The molecule has 1 aliphatic carbocycles. The summed E-state index contributed by atoms with van der Waals surface area (Å²) in [5.41, 5.74) is 0.555. The molecule has 0 saturated heterocycles. The van der Waals surface area contributed by atoms with Crippen LogP contribution in [0.3, 0.4) is 0 Å². The van der Waals surface area contributed by atoms with Gasteiger partial charge in [-0.1, -0.05) is 29.8 Å². The van der Waals surface area contributed by atoms with Gasteiger partial charge in [0.25, 0.3) is 0 Å². The number of halogens is 1. The lowest BCUT2D eigenvalue weighted by atomic mass is 9.95. The van der Waals surface area contributed by atoms with E-state index in [0.717, 1.165) is 37.7 Å². The van der Waals surface area contributed by atoms with Gasteiger partial charge in [0, 0.05) is 18.2 Å². The van der Waals surface area contributed by atoms with Crippen molar-refractivity contribution in [3.05, 3.63) is 34.9 Å². The number of hydrogen-bond acceptors (Lipinski definition) is 2. The van der Waals surface area contributed by atoms with Gasteiger partial charge in [0.15, 0.2) is 0 Å². The third kappa shape index (κ3) is 3.28. The molecule has 0 atom stereocenters. The second kappa shape index (κ2) is 6.40. The summed E-state index contributed by atoms with van der Waals surface area (Å²) in [6.07, 6.45) is 4.39. The summed E-state index contributed by atoms with van der Waals surface area (Å²) >= 11 is 6.19. The molecule has 0 radical (unpaired) electrons. The number of carbonyl (C=O) groups is 1. The second-order valence-electron chi connectivity index (χ2n) is 5.10. The molecule has 1 fully saturated rings. The van der Waals surface area contributed by atoms with Crippen molar-refractivity contribution in [3.8, 4) is 0 Å². The van der Waals surface area contributed by atoms with Gasteiger partial charge in [-0.3, -0.25) is 4.79 Å². The smallest absolute Gasteiger partial charge is 0.230 e. The molecular formula is C15H20ClNO2. The number of benzene rings is 1. The maximum absolute atomic E-state index is 12.3. The summed E-state index contributed by atoms with van der Waals surface area (Å²) in [7, 11) is 0. The third-order valence-electron chi connectivity index (χ3n) is 3.69.